The van der Waals surface area contributed by atoms with Gasteiger partial charge >= 0.3 is 12.1 Å². The Kier molecular flexibility index (Phi) is 9.58. The molecule has 0 saturated carbocycles. The maximum Gasteiger partial charge on any atom is 0.409 e. The highest BCUT2D eigenvalue weighted by Crippen LogP contribution is 2.37. The van der Waals surface area contributed by atoms with Gasteiger partial charge in [-0.25, -0.2) is 4.79 Å². The number of carbonyl (C=O) groups is 2. The predicted molar refractivity (Wildman–Crippen MR) is 132 cm³/mol. The van der Waals surface area contributed by atoms with Crippen molar-refractivity contribution in [3.05, 3.63) is 29.8 Å². The molecule has 0 spiro atoms. The first-order valence-corrected chi connectivity index (χ1v) is 13.9. The molecule has 0 saturated heterocycles. The molecule has 1 N–H and O–H groups in total. The largest absolute Gasteiger partial charge is 0.497 e. The number of hydrogen-bond acceptors (Lipinski definition) is 6. The van der Waals surface area contributed by atoms with Gasteiger partial charge in [0.05, 0.1) is 13.7 Å². The second-order valence-corrected chi connectivity index (χ2v) is 15.3. The predicted octanol–water partition coefficient (Wildman–Crippen LogP) is 4.90. The first kappa shape index (κ1) is 28.5. The third-order valence-corrected chi connectivity index (χ3v) is 9.76. The Labute approximate surface area is 199 Å². The van der Waals surface area contributed by atoms with Crippen molar-refractivity contribution < 1.29 is 28.2 Å². The van der Waals surface area contributed by atoms with E-state index in [1.165, 1.54) is 6.92 Å². The van der Waals surface area contributed by atoms with Crippen molar-refractivity contribution in [2.45, 2.75) is 77.7 Å². The number of benzene rings is 1. The number of amides is 1. The van der Waals surface area contributed by atoms with E-state index in [4.69, 9.17) is 18.6 Å². The highest BCUT2D eigenvalue weighted by atomic mass is 28.4. The fourth-order valence-electron chi connectivity index (χ4n) is 2.33. The summed E-state index contributed by atoms with van der Waals surface area (Å²) in [4.78, 5) is 24.4. The fourth-order valence-corrected chi connectivity index (χ4v) is 3.37. The van der Waals surface area contributed by atoms with Gasteiger partial charge in [0.25, 0.3) is 0 Å². The van der Waals surface area contributed by atoms with Gasteiger partial charge in [-0.15, -0.1) is 0 Å². The van der Waals surface area contributed by atoms with Crippen LogP contribution in [0.5, 0.6) is 5.75 Å². The molecular weight excluding hydrogens is 438 g/mol. The standard InChI is InChI=1S/C25H39NO6Si/c1-19(27)30-17-25(26-22(28)32-23(2,3)4,18-31-33(9,10)24(5,6)7)16-15-20-11-13-21(29-8)14-12-20/h11-14H,17-18H2,1-10H3,(H,26,28)/t25-/m1/s1. The number of methoxy groups -OCH3 is 1. The summed E-state index contributed by atoms with van der Waals surface area (Å²) in [5, 5.41) is 2.76. The Hall–Kier alpha value is -2.50. The lowest BCUT2D eigenvalue weighted by Gasteiger charge is -2.39. The molecule has 0 radical (unpaired) electrons. The summed E-state index contributed by atoms with van der Waals surface area (Å²) in [7, 11) is -0.615. The molecule has 1 atom stereocenters. The lowest BCUT2D eigenvalue weighted by molar-refractivity contribution is -0.142. The topological polar surface area (TPSA) is 83.1 Å². The van der Waals surface area contributed by atoms with Crippen molar-refractivity contribution in [3.8, 4) is 17.6 Å². The van der Waals surface area contributed by atoms with E-state index in [1.54, 1.807) is 40.0 Å². The van der Waals surface area contributed by atoms with Crippen LogP contribution in [0.2, 0.25) is 18.1 Å². The van der Waals surface area contributed by atoms with E-state index in [9.17, 15) is 9.59 Å². The van der Waals surface area contributed by atoms with Crippen LogP contribution in [0, 0.1) is 11.8 Å². The van der Waals surface area contributed by atoms with Crippen molar-refractivity contribution in [3.63, 3.8) is 0 Å². The maximum absolute atomic E-state index is 12.7. The van der Waals surface area contributed by atoms with Crippen LogP contribution < -0.4 is 10.1 Å². The van der Waals surface area contributed by atoms with E-state index < -0.39 is 31.5 Å². The van der Waals surface area contributed by atoms with Crippen LogP contribution in [-0.4, -0.2) is 51.8 Å². The van der Waals surface area contributed by atoms with Crippen LogP contribution in [0.1, 0.15) is 54.0 Å². The van der Waals surface area contributed by atoms with Gasteiger partial charge in [0.1, 0.15) is 18.0 Å². The number of carbonyl (C=O) groups excluding carboxylic acids is 2. The monoisotopic (exact) mass is 477 g/mol. The van der Waals surface area contributed by atoms with Crippen LogP contribution in [0.4, 0.5) is 4.79 Å². The van der Waals surface area contributed by atoms with Crippen LogP contribution in [0.3, 0.4) is 0 Å². The zero-order valence-electron chi connectivity index (χ0n) is 21.7. The van der Waals surface area contributed by atoms with Gasteiger partial charge in [-0.2, -0.15) is 0 Å². The second kappa shape index (κ2) is 11.1. The van der Waals surface area contributed by atoms with Gasteiger partial charge in [0.2, 0.25) is 0 Å². The molecule has 0 bridgehead atoms. The van der Waals surface area contributed by atoms with Crippen LogP contribution >= 0.6 is 0 Å². The number of ether oxygens (including phenoxy) is 3. The smallest absolute Gasteiger partial charge is 0.409 e. The molecule has 33 heavy (non-hydrogen) atoms. The second-order valence-electron chi connectivity index (χ2n) is 10.5. The summed E-state index contributed by atoms with van der Waals surface area (Å²) in [6, 6.07) is 7.21. The Morgan fingerprint density at radius 1 is 1.00 bits per heavy atom. The molecule has 1 amide bonds. The lowest BCUT2D eigenvalue weighted by atomic mass is 10.0. The molecule has 0 fully saturated rings. The van der Waals surface area contributed by atoms with Crippen molar-refractivity contribution >= 4 is 20.4 Å². The number of nitrogens with one attached hydrogen (secondary N) is 1. The first-order valence-electron chi connectivity index (χ1n) is 10.9. The first-order chi connectivity index (χ1) is 15.0. The highest BCUT2D eigenvalue weighted by Gasteiger charge is 2.42. The molecule has 1 aromatic carbocycles. The molecule has 1 aromatic rings. The molecule has 7 nitrogen and oxygen atoms in total. The lowest BCUT2D eigenvalue weighted by Crippen LogP contribution is -2.58. The summed E-state index contributed by atoms with van der Waals surface area (Å²) < 4.78 is 22.4. The Morgan fingerprint density at radius 2 is 1.58 bits per heavy atom. The van der Waals surface area contributed by atoms with E-state index in [0.29, 0.717) is 11.3 Å². The highest BCUT2D eigenvalue weighted by molar-refractivity contribution is 6.74. The van der Waals surface area contributed by atoms with Crippen LogP contribution in [0.25, 0.3) is 0 Å². The summed E-state index contributed by atoms with van der Waals surface area (Å²) >= 11 is 0. The SMILES string of the molecule is COc1ccc(C#C[C@@](COC(C)=O)(CO[Si](C)(C)C(C)(C)C)NC(=O)OC(C)(C)C)cc1. The maximum atomic E-state index is 12.7. The van der Waals surface area contributed by atoms with Gasteiger partial charge < -0.3 is 18.6 Å². The average Bonchev–Trinajstić information content (AvgIpc) is 2.67. The minimum Gasteiger partial charge on any atom is -0.497 e. The molecule has 0 aliphatic carbocycles. The van der Waals surface area contributed by atoms with Gasteiger partial charge in [-0.3, -0.25) is 10.1 Å². The van der Waals surface area contributed by atoms with Crippen LogP contribution in [-0.2, 0) is 18.7 Å². The Balaban J connectivity index is 3.40. The Bertz CT molecular complexity index is 871. The normalized spacial score (nSPS) is 13.8. The quantitative estimate of drug-likeness (QED) is 0.342. The van der Waals surface area contributed by atoms with E-state index in [-0.39, 0.29) is 18.3 Å². The van der Waals surface area contributed by atoms with E-state index in [2.05, 4.69) is 51.0 Å². The van der Waals surface area contributed by atoms with Crippen molar-refractivity contribution in [1.29, 1.82) is 0 Å². The summed E-state index contributed by atoms with van der Waals surface area (Å²) in [6.07, 6.45) is -0.669. The third-order valence-electron chi connectivity index (χ3n) is 5.28. The third kappa shape index (κ3) is 9.89. The number of alkyl carbamates (subject to hydrolysis) is 1. The number of rotatable bonds is 7. The molecule has 0 aliphatic rings. The fraction of sp³-hybridized carbons (Fsp3) is 0.600. The number of hydrogen-bond donors (Lipinski definition) is 1. The number of esters is 1. The Morgan fingerprint density at radius 3 is 2.03 bits per heavy atom. The zero-order chi connectivity index (χ0) is 25.5. The molecule has 184 valence electrons. The molecular formula is C25H39NO6Si. The van der Waals surface area contributed by atoms with E-state index >= 15 is 0 Å². The minimum atomic E-state index is -2.21. The average molecular weight is 478 g/mol. The molecule has 0 aromatic heterocycles. The molecule has 0 aliphatic heterocycles. The van der Waals surface area contributed by atoms with Crippen molar-refractivity contribution in [1.82, 2.24) is 5.32 Å². The zero-order valence-corrected chi connectivity index (χ0v) is 22.7. The summed E-state index contributed by atoms with van der Waals surface area (Å²) in [5.41, 5.74) is -1.30. The molecule has 0 unspecified atom stereocenters. The van der Waals surface area contributed by atoms with Gasteiger partial charge in [-0.05, 0) is 63.2 Å². The summed E-state index contributed by atoms with van der Waals surface area (Å²) in [6.45, 7) is 17.1. The van der Waals surface area contributed by atoms with Crippen molar-refractivity contribution in [2.24, 2.45) is 0 Å². The van der Waals surface area contributed by atoms with E-state index in [1.807, 2.05) is 12.1 Å². The van der Waals surface area contributed by atoms with Crippen molar-refractivity contribution in [2.75, 3.05) is 20.3 Å². The van der Waals surface area contributed by atoms with Gasteiger partial charge in [0.15, 0.2) is 13.9 Å². The van der Waals surface area contributed by atoms with Gasteiger partial charge in [0, 0.05) is 12.5 Å². The molecule has 8 heteroatoms. The van der Waals surface area contributed by atoms with E-state index in [0.717, 1.165) is 0 Å². The minimum absolute atomic E-state index is 0.0408. The summed E-state index contributed by atoms with van der Waals surface area (Å²) in [5.74, 6) is 6.40. The van der Waals surface area contributed by atoms with Crippen LogP contribution in [0.15, 0.2) is 24.3 Å². The van der Waals surface area contributed by atoms with Gasteiger partial charge in [-0.1, -0.05) is 32.6 Å². The molecule has 0 heterocycles. The molecule has 1 rings (SSSR count).